The molecule has 0 spiro atoms. The summed E-state index contributed by atoms with van der Waals surface area (Å²) in [6, 6.07) is 11.9. The summed E-state index contributed by atoms with van der Waals surface area (Å²) in [6.07, 6.45) is 0.198. The highest BCUT2D eigenvalue weighted by Gasteiger charge is 2.35. The van der Waals surface area contributed by atoms with Crippen molar-refractivity contribution in [1.82, 2.24) is 10.2 Å². The first-order valence-corrected chi connectivity index (χ1v) is 11.2. The van der Waals surface area contributed by atoms with Gasteiger partial charge in [0.15, 0.2) is 0 Å². The van der Waals surface area contributed by atoms with Gasteiger partial charge in [-0.15, -0.1) is 0 Å². The predicted octanol–water partition coefficient (Wildman–Crippen LogP) is 6.17. The van der Waals surface area contributed by atoms with Gasteiger partial charge in [-0.3, -0.25) is 4.79 Å². The van der Waals surface area contributed by atoms with E-state index in [1.54, 1.807) is 41.3 Å². The van der Waals surface area contributed by atoms with Crippen LogP contribution in [0.1, 0.15) is 49.0 Å². The monoisotopic (exact) mass is 482 g/mol. The molecule has 2 amide bonds. The van der Waals surface area contributed by atoms with Crippen molar-refractivity contribution in [3.63, 3.8) is 0 Å². The Balaban J connectivity index is 1.83. The molecule has 2 aromatic rings. The third-order valence-corrected chi connectivity index (χ3v) is 6.05. The second kappa shape index (κ2) is 9.68. The molecule has 0 aromatic heterocycles. The molecule has 1 aliphatic heterocycles. The van der Waals surface area contributed by atoms with Crippen LogP contribution in [-0.4, -0.2) is 41.6 Å². The first-order valence-electron chi connectivity index (χ1n) is 10.0. The number of carbonyl (C=O) groups is 2. The molecule has 2 aromatic carbocycles. The summed E-state index contributed by atoms with van der Waals surface area (Å²) >= 11 is 18.3. The first kappa shape index (κ1) is 23.7. The summed E-state index contributed by atoms with van der Waals surface area (Å²) < 4.78 is 5.54. The minimum atomic E-state index is -0.587. The number of likely N-dealkylation sites (tertiary alicyclic amines) is 1. The largest absolute Gasteiger partial charge is 0.444 e. The van der Waals surface area contributed by atoms with Crippen LogP contribution in [0, 0.1) is 0 Å². The van der Waals surface area contributed by atoms with Crippen LogP contribution in [0.3, 0.4) is 0 Å². The first-order chi connectivity index (χ1) is 14.5. The van der Waals surface area contributed by atoms with Crippen molar-refractivity contribution in [2.45, 2.75) is 44.8 Å². The third-order valence-electron chi connectivity index (χ3n) is 5.06. The number of nitrogens with zero attached hydrogens (tertiary/aromatic N) is 1. The Labute approximate surface area is 197 Å². The molecule has 2 unspecified atom stereocenters. The maximum Gasteiger partial charge on any atom is 0.410 e. The minimum absolute atomic E-state index is 0.174. The molecule has 0 aliphatic carbocycles. The number of benzene rings is 2. The molecule has 5 nitrogen and oxygen atoms in total. The van der Waals surface area contributed by atoms with Crippen LogP contribution in [0.2, 0.25) is 15.1 Å². The van der Waals surface area contributed by atoms with Crippen LogP contribution in [0.25, 0.3) is 0 Å². The van der Waals surface area contributed by atoms with E-state index in [1.807, 2.05) is 26.8 Å². The Morgan fingerprint density at radius 2 is 1.71 bits per heavy atom. The van der Waals surface area contributed by atoms with Crippen LogP contribution in [0.5, 0.6) is 0 Å². The van der Waals surface area contributed by atoms with Gasteiger partial charge in [-0.05, 0) is 69.2 Å². The highest BCUT2D eigenvalue weighted by atomic mass is 35.5. The smallest absolute Gasteiger partial charge is 0.410 e. The molecule has 8 heteroatoms. The normalized spacial score (nSPS) is 19.1. The molecule has 1 saturated heterocycles. The second-order valence-electron chi connectivity index (χ2n) is 8.58. The summed E-state index contributed by atoms with van der Waals surface area (Å²) in [4.78, 5) is 27.1. The minimum Gasteiger partial charge on any atom is -0.444 e. The predicted molar refractivity (Wildman–Crippen MR) is 124 cm³/mol. The van der Waals surface area contributed by atoms with Crippen LogP contribution < -0.4 is 5.32 Å². The van der Waals surface area contributed by atoms with Gasteiger partial charge in [0, 0.05) is 35.6 Å². The number of amides is 2. The molecular weight excluding hydrogens is 459 g/mol. The highest BCUT2D eigenvalue weighted by molar-refractivity contribution is 6.42. The lowest BCUT2D eigenvalue weighted by Crippen LogP contribution is -2.52. The molecule has 3 rings (SSSR count). The highest BCUT2D eigenvalue weighted by Crippen LogP contribution is 2.32. The number of hydrogen-bond donors (Lipinski definition) is 1. The second-order valence-corrected chi connectivity index (χ2v) is 9.83. The Bertz CT molecular complexity index is 958. The summed E-state index contributed by atoms with van der Waals surface area (Å²) in [5.41, 5.74) is 0.825. The van der Waals surface area contributed by atoms with Crippen LogP contribution in [0.15, 0.2) is 42.5 Å². The maximum atomic E-state index is 12.8. The Kier molecular flexibility index (Phi) is 7.40. The third kappa shape index (κ3) is 6.28. The number of carbonyl (C=O) groups excluding carboxylic acids is 2. The SMILES string of the molecule is CC(C)(C)OC(=O)N1CCC(NC(=O)c2ccc(Cl)cc2)C(c2ccc(Cl)c(Cl)c2)C1. The summed E-state index contributed by atoms with van der Waals surface area (Å²) in [5, 5.41) is 4.55. The maximum absolute atomic E-state index is 12.8. The lowest BCUT2D eigenvalue weighted by atomic mass is 9.86. The van der Waals surface area contributed by atoms with Gasteiger partial charge in [0.25, 0.3) is 5.91 Å². The quantitative estimate of drug-likeness (QED) is 0.568. The Hall–Kier alpha value is -1.95. The van der Waals surface area contributed by atoms with Gasteiger partial charge in [-0.1, -0.05) is 40.9 Å². The molecule has 1 fully saturated rings. The van der Waals surface area contributed by atoms with Crippen LogP contribution in [0.4, 0.5) is 4.79 Å². The van der Waals surface area contributed by atoms with E-state index in [9.17, 15) is 9.59 Å². The van der Waals surface area contributed by atoms with Crippen molar-refractivity contribution in [3.8, 4) is 0 Å². The van der Waals surface area contributed by atoms with Gasteiger partial charge in [0.1, 0.15) is 5.60 Å². The fourth-order valence-corrected chi connectivity index (χ4v) is 3.98. The van der Waals surface area contributed by atoms with Gasteiger partial charge < -0.3 is 15.0 Å². The number of piperidine rings is 1. The fraction of sp³-hybridized carbons (Fsp3) is 0.391. The van der Waals surface area contributed by atoms with Crippen molar-refractivity contribution in [3.05, 3.63) is 68.7 Å². The van der Waals surface area contributed by atoms with E-state index in [1.165, 1.54) is 0 Å². The topological polar surface area (TPSA) is 58.6 Å². The average molecular weight is 484 g/mol. The van der Waals surface area contributed by atoms with Crippen LogP contribution in [-0.2, 0) is 4.74 Å². The standard InChI is InChI=1S/C23H25Cl3N2O3/c1-23(2,3)31-22(30)28-11-10-20(27-21(29)14-4-7-16(24)8-5-14)17(13-28)15-6-9-18(25)19(26)12-15/h4-9,12,17,20H,10-11,13H2,1-3H3,(H,27,29). The van der Waals surface area contributed by atoms with E-state index in [4.69, 9.17) is 39.5 Å². The lowest BCUT2D eigenvalue weighted by Gasteiger charge is -2.39. The fourth-order valence-electron chi connectivity index (χ4n) is 3.55. The van der Waals surface area contributed by atoms with Crippen molar-refractivity contribution < 1.29 is 14.3 Å². The molecule has 0 radical (unpaired) electrons. The molecule has 0 bridgehead atoms. The Morgan fingerprint density at radius 1 is 1.03 bits per heavy atom. The van der Waals surface area contributed by atoms with Crippen molar-refractivity contribution in [1.29, 1.82) is 0 Å². The van der Waals surface area contributed by atoms with Gasteiger partial charge >= 0.3 is 6.09 Å². The molecule has 166 valence electrons. The summed E-state index contributed by atoms with van der Waals surface area (Å²) in [7, 11) is 0. The van der Waals surface area contributed by atoms with Gasteiger partial charge in [0.05, 0.1) is 10.0 Å². The van der Waals surface area contributed by atoms with Gasteiger partial charge in [-0.2, -0.15) is 0 Å². The number of nitrogens with one attached hydrogen (secondary N) is 1. The molecular formula is C23H25Cl3N2O3. The molecule has 1 aliphatic rings. The van der Waals surface area contributed by atoms with E-state index < -0.39 is 5.60 Å². The van der Waals surface area contributed by atoms with E-state index in [-0.39, 0.29) is 24.0 Å². The molecule has 1 N–H and O–H groups in total. The van der Waals surface area contributed by atoms with Crippen molar-refractivity contribution >= 4 is 46.8 Å². The molecule has 31 heavy (non-hydrogen) atoms. The molecule has 0 saturated carbocycles. The lowest BCUT2D eigenvalue weighted by molar-refractivity contribution is 0.0177. The number of rotatable bonds is 3. The summed E-state index contributed by atoms with van der Waals surface area (Å²) in [6.45, 7) is 6.36. The zero-order valence-corrected chi connectivity index (χ0v) is 19.9. The zero-order valence-electron chi connectivity index (χ0n) is 17.6. The van der Waals surface area contributed by atoms with Gasteiger partial charge in [0.2, 0.25) is 0 Å². The zero-order chi connectivity index (χ0) is 22.8. The average Bonchev–Trinajstić information content (AvgIpc) is 2.69. The van der Waals surface area contributed by atoms with Crippen LogP contribution >= 0.6 is 34.8 Å². The summed E-state index contributed by atoms with van der Waals surface area (Å²) in [5.74, 6) is -0.371. The number of hydrogen-bond acceptors (Lipinski definition) is 3. The van der Waals surface area contributed by atoms with E-state index in [2.05, 4.69) is 5.32 Å². The van der Waals surface area contributed by atoms with Crippen molar-refractivity contribution in [2.24, 2.45) is 0 Å². The Morgan fingerprint density at radius 3 is 2.32 bits per heavy atom. The molecule has 1 heterocycles. The molecule has 2 atom stereocenters. The van der Waals surface area contributed by atoms with E-state index >= 15 is 0 Å². The van der Waals surface area contributed by atoms with Gasteiger partial charge in [-0.25, -0.2) is 4.79 Å². The van der Waals surface area contributed by atoms with E-state index in [0.717, 1.165) is 5.56 Å². The number of ether oxygens (including phenoxy) is 1. The van der Waals surface area contributed by atoms with Crippen molar-refractivity contribution in [2.75, 3.05) is 13.1 Å². The number of halogens is 3. The van der Waals surface area contributed by atoms with E-state index in [0.29, 0.717) is 40.1 Å².